The van der Waals surface area contributed by atoms with E-state index in [2.05, 4.69) is 53.4 Å². The van der Waals surface area contributed by atoms with E-state index in [0.29, 0.717) is 37.9 Å². The Morgan fingerprint density at radius 1 is 1.09 bits per heavy atom. The number of benzene rings is 2. The predicted octanol–water partition coefficient (Wildman–Crippen LogP) is 3.41. The van der Waals surface area contributed by atoms with Crippen LogP contribution in [0.25, 0.3) is 0 Å². The predicted molar refractivity (Wildman–Crippen MR) is 130 cm³/mol. The van der Waals surface area contributed by atoms with Crippen LogP contribution in [0.15, 0.2) is 53.6 Å². The largest absolute Gasteiger partial charge is 0.378 e. The molecule has 0 spiro atoms. The number of rotatable bonds is 7. The number of nitro benzene ring substituents is 1. The zero-order valence-corrected chi connectivity index (χ0v) is 19.0. The Morgan fingerprint density at radius 3 is 2.66 bits per heavy atom. The van der Waals surface area contributed by atoms with Crippen LogP contribution in [0.2, 0.25) is 0 Å². The Balaban J connectivity index is 1.59. The van der Waals surface area contributed by atoms with E-state index in [9.17, 15) is 10.1 Å². The number of halogens is 1. The van der Waals surface area contributed by atoms with Gasteiger partial charge in [-0.25, -0.2) is 5.43 Å². The molecule has 0 saturated carbocycles. The van der Waals surface area contributed by atoms with Gasteiger partial charge in [-0.05, 0) is 46.4 Å². The molecule has 0 radical (unpaired) electrons. The fourth-order valence-electron chi connectivity index (χ4n) is 2.95. The maximum absolute atomic E-state index is 11.1. The summed E-state index contributed by atoms with van der Waals surface area (Å²) in [5.74, 6) is 0.952. The second-order valence-electron chi connectivity index (χ2n) is 6.74. The molecule has 0 amide bonds. The van der Waals surface area contributed by atoms with Crippen LogP contribution in [0.4, 0.5) is 29.2 Å². The van der Waals surface area contributed by atoms with Gasteiger partial charge < -0.3 is 15.0 Å². The fraction of sp³-hybridized carbons (Fsp3) is 0.200. The van der Waals surface area contributed by atoms with Crippen molar-refractivity contribution in [2.75, 3.05) is 41.9 Å². The van der Waals surface area contributed by atoms with Gasteiger partial charge in [-0.2, -0.15) is 20.1 Å². The highest BCUT2D eigenvalue weighted by Crippen LogP contribution is 2.22. The van der Waals surface area contributed by atoms with Gasteiger partial charge in [0.1, 0.15) is 0 Å². The molecule has 0 atom stereocenters. The molecule has 1 fully saturated rings. The van der Waals surface area contributed by atoms with Gasteiger partial charge in [-0.15, -0.1) is 0 Å². The molecule has 1 aliphatic rings. The van der Waals surface area contributed by atoms with E-state index in [4.69, 9.17) is 4.74 Å². The van der Waals surface area contributed by atoms with Crippen molar-refractivity contribution in [2.24, 2.45) is 5.10 Å². The number of hydrazone groups is 1. The average Bonchev–Trinajstić information content (AvgIpc) is 2.80. The normalized spacial score (nSPS) is 13.8. The zero-order valence-electron chi connectivity index (χ0n) is 16.8. The third-order valence-corrected chi connectivity index (χ3v) is 5.13. The Morgan fingerprint density at radius 2 is 1.88 bits per heavy atom. The van der Waals surface area contributed by atoms with E-state index in [1.165, 1.54) is 12.1 Å². The van der Waals surface area contributed by atoms with Crippen molar-refractivity contribution in [3.05, 3.63) is 67.8 Å². The van der Waals surface area contributed by atoms with Crippen LogP contribution >= 0.6 is 22.6 Å². The summed E-state index contributed by atoms with van der Waals surface area (Å²) in [4.78, 5) is 25.9. The fourth-order valence-corrected chi connectivity index (χ4v) is 3.52. The number of ether oxygens (including phenoxy) is 1. The molecule has 0 unspecified atom stereocenters. The molecule has 0 aliphatic carbocycles. The Bertz CT molecular complexity index is 1140. The third-order valence-electron chi connectivity index (χ3n) is 4.46. The van der Waals surface area contributed by atoms with Crippen LogP contribution in [0.1, 0.15) is 5.56 Å². The number of hydrogen-bond acceptors (Lipinski definition) is 10. The van der Waals surface area contributed by atoms with Gasteiger partial charge in [0.25, 0.3) is 5.69 Å². The number of aromatic nitrogens is 3. The lowest BCUT2D eigenvalue weighted by Gasteiger charge is -2.27. The first-order chi connectivity index (χ1) is 15.6. The second-order valence-corrected chi connectivity index (χ2v) is 7.99. The van der Waals surface area contributed by atoms with Gasteiger partial charge >= 0.3 is 0 Å². The first-order valence-corrected chi connectivity index (χ1v) is 10.8. The zero-order chi connectivity index (χ0) is 22.3. The molecule has 2 N–H and O–H groups in total. The summed E-state index contributed by atoms with van der Waals surface area (Å²) >= 11 is 2.24. The SMILES string of the molecule is O=[N+]([O-])c1cccc(Nc2nc(NN=Cc3cccc(I)c3)nc(N3CCOCC3)n2)c1. The molecule has 0 bridgehead atoms. The Hall–Kier alpha value is -3.39. The van der Waals surface area contributed by atoms with Gasteiger partial charge in [0.2, 0.25) is 17.8 Å². The van der Waals surface area contributed by atoms with Crippen molar-refractivity contribution in [1.29, 1.82) is 0 Å². The first kappa shape index (κ1) is 21.8. The summed E-state index contributed by atoms with van der Waals surface area (Å²) in [5.41, 5.74) is 4.24. The van der Waals surface area contributed by atoms with Crippen molar-refractivity contribution in [1.82, 2.24) is 15.0 Å². The van der Waals surface area contributed by atoms with Crippen molar-refractivity contribution < 1.29 is 9.66 Å². The first-order valence-electron chi connectivity index (χ1n) is 9.72. The number of nitro groups is 1. The van der Waals surface area contributed by atoms with Crippen LogP contribution in [0.5, 0.6) is 0 Å². The molecule has 3 aromatic rings. The standard InChI is InChI=1S/C20H19IN8O3/c21-15-4-1-3-14(11-15)13-22-27-19-24-18(23-16-5-2-6-17(12-16)29(30)31)25-20(26-19)28-7-9-32-10-8-28/h1-6,11-13H,7-10H2,(H2,23,24,25,26,27). The van der Waals surface area contributed by atoms with Gasteiger partial charge in [0.15, 0.2) is 0 Å². The number of anilines is 4. The Labute approximate surface area is 197 Å². The molecular weight excluding hydrogens is 527 g/mol. The van der Waals surface area contributed by atoms with Crippen molar-refractivity contribution in [3.63, 3.8) is 0 Å². The van der Waals surface area contributed by atoms with E-state index in [-0.39, 0.29) is 17.6 Å². The molecule has 164 valence electrons. The van der Waals surface area contributed by atoms with Crippen LogP contribution in [0.3, 0.4) is 0 Å². The highest BCUT2D eigenvalue weighted by Gasteiger charge is 2.17. The minimum absolute atomic E-state index is 0.0297. The lowest BCUT2D eigenvalue weighted by atomic mass is 10.2. The highest BCUT2D eigenvalue weighted by molar-refractivity contribution is 14.1. The lowest BCUT2D eigenvalue weighted by molar-refractivity contribution is -0.384. The number of hydrogen-bond donors (Lipinski definition) is 2. The minimum Gasteiger partial charge on any atom is -0.378 e. The van der Waals surface area contributed by atoms with E-state index in [1.54, 1.807) is 18.3 Å². The van der Waals surface area contributed by atoms with E-state index < -0.39 is 4.92 Å². The molecule has 1 aromatic heterocycles. The van der Waals surface area contributed by atoms with E-state index >= 15 is 0 Å². The second kappa shape index (κ2) is 10.3. The Kier molecular flexibility index (Phi) is 7.01. The molecule has 1 saturated heterocycles. The number of nitrogens with zero attached hydrogens (tertiary/aromatic N) is 6. The smallest absolute Gasteiger partial charge is 0.271 e. The topological polar surface area (TPSA) is 131 Å². The van der Waals surface area contributed by atoms with Gasteiger partial charge in [0.05, 0.1) is 24.4 Å². The minimum atomic E-state index is -0.454. The molecule has 12 heteroatoms. The quantitative estimate of drug-likeness (QED) is 0.198. The molecular formula is C20H19IN8O3. The molecule has 11 nitrogen and oxygen atoms in total. The average molecular weight is 546 g/mol. The number of non-ortho nitro benzene ring substituents is 1. The van der Waals surface area contributed by atoms with Crippen LogP contribution in [-0.4, -0.2) is 52.4 Å². The molecule has 32 heavy (non-hydrogen) atoms. The summed E-state index contributed by atoms with van der Waals surface area (Å²) in [5, 5.41) is 18.3. The van der Waals surface area contributed by atoms with Crippen LogP contribution in [0, 0.1) is 13.7 Å². The monoisotopic (exact) mass is 546 g/mol. The number of morpholine rings is 1. The van der Waals surface area contributed by atoms with Crippen LogP contribution in [-0.2, 0) is 4.74 Å². The van der Waals surface area contributed by atoms with Crippen LogP contribution < -0.4 is 15.6 Å². The molecule has 1 aliphatic heterocycles. The summed E-state index contributed by atoms with van der Waals surface area (Å²) in [7, 11) is 0. The molecule has 2 aromatic carbocycles. The molecule has 2 heterocycles. The number of nitrogens with one attached hydrogen (secondary N) is 2. The van der Waals surface area contributed by atoms with E-state index in [0.717, 1.165) is 9.13 Å². The lowest BCUT2D eigenvalue weighted by Crippen LogP contribution is -2.37. The van der Waals surface area contributed by atoms with Gasteiger partial charge in [-0.3, -0.25) is 10.1 Å². The third kappa shape index (κ3) is 5.85. The van der Waals surface area contributed by atoms with Crippen molar-refractivity contribution >= 4 is 58.0 Å². The summed E-state index contributed by atoms with van der Waals surface area (Å²) in [6.07, 6.45) is 1.67. The van der Waals surface area contributed by atoms with Crippen molar-refractivity contribution in [3.8, 4) is 0 Å². The maximum atomic E-state index is 11.1. The highest BCUT2D eigenvalue weighted by atomic mass is 127. The van der Waals surface area contributed by atoms with Gasteiger partial charge in [0, 0.05) is 34.5 Å². The molecule has 4 rings (SSSR count). The van der Waals surface area contributed by atoms with Gasteiger partial charge in [-0.1, -0.05) is 18.2 Å². The van der Waals surface area contributed by atoms with E-state index in [1.807, 2.05) is 29.2 Å². The van der Waals surface area contributed by atoms with Crippen molar-refractivity contribution in [2.45, 2.75) is 0 Å². The summed E-state index contributed by atoms with van der Waals surface area (Å²) < 4.78 is 6.51. The summed E-state index contributed by atoms with van der Waals surface area (Å²) in [6, 6.07) is 14.0. The maximum Gasteiger partial charge on any atom is 0.271 e. The summed E-state index contributed by atoms with van der Waals surface area (Å²) in [6.45, 7) is 2.44.